The minimum absolute atomic E-state index is 0.123. The van der Waals surface area contributed by atoms with Gasteiger partial charge in [-0.3, -0.25) is 4.79 Å². The third-order valence-electron chi connectivity index (χ3n) is 4.36. The Kier molecular flexibility index (Phi) is 6.90. The predicted octanol–water partition coefficient (Wildman–Crippen LogP) is 2.29. The van der Waals surface area contributed by atoms with Gasteiger partial charge in [-0.1, -0.05) is 12.1 Å². The molecule has 2 N–H and O–H groups in total. The molecule has 132 valence electrons. The SMILES string of the molecule is COc1ccc(CNC(=O)NCCC(=O)N2CCCC[C@@H]2C)cc1. The van der Waals surface area contributed by atoms with Crippen molar-refractivity contribution in [3.63, 3.8) is 0 Å². The Balaban J connectivity index is 1.64. The largest absolute Gasteiger partial charge is 0.497 e. The molecule has 1 fully saturated rings. The maximum absolute atomic E-state index is 12.2. The number of rotatable bonds is 6. The van der Waals surface area contributed by atoms with Crippen LogP contribution in [0.15, 0.2) is 24.3 Å². The molecule has 1 aromatic rings. The van der Waals surface area contributed by atoms with Crippen LogP contribution in [-0.4, -0.2) is 43.1 Å². The summed E-state index contributed by atoms with van der Waals surface area (Å²) in [6.07, 6.45) is 3.69. The zero-order valence-electron chi connectivity index (χ0n) is 14.5. The van der Waals surface area contributed by atoms with E-state index in [1.54, 1.807) is 7.11 Å². The van der Waals surface area contributed by atoms with E-state index in [1.165, 1.54) is 6.42 Å². The Morgan fingerprint density at radius 1 is 1.21 bits per heavy atom. The molecule has 0 aromatic heterocycles. The van der Waals surface area contributed by atoms with Crippen LogP contribution in [0.2, 0.25) is 0 Å². The second-order valence-corrected chi connectivity index (χ2v) is 6.14. The van der Waals surface area contributed by atoms with E-state index in [4.69, 9.17) is 4.74 Å². The minimum Gasteiger partial charge on any atom is -0.497 e. The van der Waals surface area contributed by atoms with E-state index in [0.717, 1.165) is 30.7 Å². The van der Waals surface area contributed by atoms with Gasteiger partial charge in [0.15, 0.2) is 0 Å². The molecule has 0 aliphatic carbocycles. The van der Waals surface area contributed by atoms with Crippen molar-refractivity contribution in [2.75, 3.05) is 20.2 Å². The van der Waals surface area contributed by atoms with Crippen molar-refractivity contribution in [3.8, 4) is 5.75 Å². The lowest BCUT2D eigenvalue weighted by molar-refractivity contribution is -0.134. The maximum Gasteiger partial charge on any atom is 0.315 e. The highest BCUT2D eigenvalue weighted by Gasteiger charge is 2.22. The van der Waals surface area contributed by atoms with Gasteiger partial charge in [0.1, 0.15) is 5.75 Å². The number of urea groups is 1. The number of hydrogen-bond donors (Lipinski definition) is 2. The van der Waals surface area contributed by atoms with Crippen LogP contribution in [0.1, 0.15) is 38.2 Å². The Bertz CT molecular complexity index is 545. The number of amides is 3. The third kappa shape index (κ3) is 5.44. The molecule has 2 rings (SSSR count). The molecule has 1 aliphatic rings. The molecule has 0 spiro atoms. The summed E-state index contributed by atoms with van der Waals surface area (Å²) in [5, 5.41) is 5.52. The van der Waals surface area contributed by atoms with Crippen molar-refractivity contribution in [2.24, 2.45) is 0 Å². The average Bonchev–Trinajstić information content (AvgIpc) is 2.60. The molecule has 1 heterocycles. The van der Waals surface area contributed by atoms with Crippen molar-refractivity contribution < 1.29 is 14.3 Å². The van der Waals surface area contributed by atoms with Gasteiger partial charge < -0.3 is 20.3 Å². The van der Waals surface area contributed by atoms with Gasteiger partial charge in [0.25, 0.3) is 0 Å². The molecule has 0 saturated carbocycles. The molecule has 24 heavy (non-hydrogen) atoms. The Morgan fingerprint density at radius 2 is 1.96 bits per heavy atom. The predicted molar refractivity (Wildman–Crippen MR) is 92.9 cm³/mol. The summed E-state index contributed by atoms with van der Waals surface area (Å²) < 4.78 is 5.09. The van der Waals surface area contributed by atoms with Crippen molar-refractivity contribution >= 4 is 11.9 Å². The third-order valence-corrected chi connectivity index (χ3v) is 4.36. The molecule has 1 aromatic carbocycles. The Labute approximate surface area is 143 Å². The smallest absolute Gasteiger partial charge is 0.315 e. The molecule has 0 radical (unpaired) electrons. The second-order valence-electron chi connectivity index (χ2n) is 6.14. The van der Waals surface area contributed by atoms with Crippen molar-refractivity contribution in [2.45, 2.75) is 45.2 Å². The number of carbonyl (C=O) groups excluding carboxylic acids is 2. The van der Waals surface area contributed by atoms with Gasteiger partial charge in [-0.05, 0) is 43.9 Å². The van der Waals surface area contributed by atoms with Crippen LogP contribution in [0.5, 0.6) is 5.75 Å². The van der Waals surface area contributed by atoms with Crippen LogP contribution in [0.4, 0.5) is 4.79 Å². The van der Waals surface area contributed by atoms with E-state index in [0.29, 0.717) is 25.6 Å². The quantitative estimate of drug-likeness (QED) is 0.839. The molecule has 6 nitrogen and oxygen atoms in total. The monoisotopic (exact) mass is 333 g/mol. The maximum atomic E-state index is 12.2. The van der Waals surface area contributed by atoms with Gasteiger partial charge in [0.05, 0.1) is 7.11 Å². The van der Waals surface area contributed by atoms with Crippen molar-refractivity contribution in [1.29, 1.82) is 0 Å². The highest BCUT2D eigenvalue weighted by molar-refractivity contribution is 5.78. The lowest BCUT2D eigenvalue weighted by Crippen LogP contribution is -2.44. The topological polar surface area (TPSA) is 70.7 Å². The molecule has 1 aliphatic heterocycles. The first-order valence-electron chi connectivity index (χ1n) is 8.54. The van der Waals surface area contributed by atoms with Gasteiger partial charge in [-0.25, -0.2) is 4.79 Å². The van der Waals surface area contributed by atoms with E-state index in [2.05, 4.69) is 17.6 Å². The fourth-order valence-electron chi connectivity index (χ4n) is 2.88. The van der Waals surface area contributed by atoms with Crippen LogP contribution < -0.4 is 15.4 Å². The molecular weight excluding hydrogens is 306 g/mol. The number of piperidine rings is 1. The van der Waals surface area contributed by atoms with E-state index >= 15 is 0 Å². The summed E-state index contributed by atoms with van der Waals surface area (Å²) in [6.45, 7) is 3.72. The number of nitrogens with zero attached hydrogens (tertiary/aromatic N) is 1. The highest BCUT2D eigenvalue weighted by atomic mass is 16.5. The number of benzene rings is 1. The van der Waals surface area contributed by atoms with Crippen LogP contribution in [0, 0.1) is 0 Å². The summed E-state index contributed by atoms with van der Waals surface area (Å²) in [5.41, 5.74) is 0.990. The zero-order chi connectivity index (χ0) is 17.4. The van der Waals surface area contributed by atoms with Gasteiger partial charge in [0, 0.05) is 32.1 Å². The van der Waals surface area contributed by atoms with Crippen LogP contribution in [0.25, 0.3) is 0 Å². The van der Waals surface area contributed by atoms with Crippen LogP contribution in [0.3, 0.4) is 0 Å². The van der Waals surface area contributed by atoms with E-state index < -0.39 is 0 Å². The van der Waals surface area contributed by atoms with Gasteiger partial charge in [-0.2, -0.15) is 0 Å². The van der Waals surface area contributed by atoms with Gasteiger partial charge >= 0.3 is 6.03 Å². The number of methoxy groups -OCH3 is 1. The van der Waals surface area contributed by atoms with Crippen molar-refractivity contribution in [3.05, 3.63) is 29.8 Å². The van der Waals surface area contributed by atoms with E-state index in [9.17, 15) is 9.59 Å². The van der Waals surface area contributed by atoms with Crippen LogP contribution >= 0.6 is 0 Å². The van der Waals surface area contributed by atoms with E-state index in [1.807, 2.05) is 29.2 Å². The number of carbonyl (C=O) groups is 2. The first-order valence-corrected chi connectivity index (χ1v) is 8.54. The summed E-state index contributed by atoms with van der Waals surface area (Å²) in [4.78, 5) is 25.9. The van der Waals surface area contributed by atoms with Gasteiger partial charge in [-0.15, -0.1) is 0 Å². The number of hydrogen-bond acceptors (Lipinski definition) is 3. The lowest BCUT2D eigenvalue weighted by atomic mass is 10.0. The average molecular weight is 333 g/mol. The molecule has 6 heteroatoms. The summed E-state index contributed by atoms with van der Waals surface area (Å²) in [5.74, 6) is 0.909. The number of nitrogens with one attached hydrogen (secondary N) is 2. The fourth-order valence-corrected chi connectivity index (χ4v) is 2.88. The molecule has 1 saturated heterocycles. The Hall–Kier alpha value is -2.24. The normalized spacial score (nSPS) is 17.2. The number of likely N-dealkylation sites (tertiary alicyclic amines) is 1. The van der Waals surface area contributed by atoms with E-state index in [-0.39, 0.29) is 11.9 Å². The summed E-state index contributed by atoms with van der Waals surface area (Å²) in [7, 11) is 1.62. The first-order chi connectivity index (χ1) is 11.6. The fraction of sp³-hybridized carbons (Fsp3) is 0.556. The summed E-state index contributed by atoms with van der Waals surface area (Å²) >= 11 is 0. The standard InChI is InChI=1S/C18H27N3O3/c1-14-5-3-4-12-21(14)17(22)10-11-19-18(23)20-13-15-6-8-16(24-2)9-7-15/h6-9,14H,3-5,10-13H2,1-2H3,(H2,19,20,23)/t14-/m0/s1. The Morgan fingerprint density at radius 3 is 2.62 bits per heavy atom. The number of ether oxygens (including phenoxy) is 1. The molecule has 1 atom stereocenters. The lowest BCUT2D eigenvalue weighted by Gasteiger charge is -2.33. The second kappa shape index (κ2) is 9.15. The molecule has 3 amide bonds. The zero-order valence-corrected chi connectivity index (χ0v) is 14.5. The molecule has 0 unspecified atom stereocenters. The highest BCUT2D eigenvalue weighted by Crippen LogP contribution is 2.17. The van der Waals surface area contributed by atoms with Crippen molar-refractivity contribution in [1.82, 2.24) is 15.5 Å². The molecule has 0 bridgehead atoms. The minimum atomic E-state index is -0.259. The summed E-state index contributed by atoms with van der Waals surface area (Å²) in [6, 6.07) is 7.57. The van der Waals surface area contributed by atoms with Crippen LogP contribution in [-0.2, 0) is 11.3 Å². The van der Waals surface area contributed by atoms with Gasteiger partial charge in [0.2, 0.25) is 5.91 Å². The first kappa shape index (κ1) is 18.1. The molecular formula is C18H27N3O3.